The number of ether oxygens (including phenoxy) is 4. The molecule has 6 heteroatoms. The van der Waals surface area contributed by atoms with Crippen molar-refractivity contribution in [2.45, 2.75) is 63.8 Å². The third-order valence-corrected chi connectivity index (χ3v) is 3.99. The molecule has 21 heavy (non-hydrogen) atoms. The molecular weight excluding hydrogens is 276 g/mol. The van der Waals surface area contributed by atoms with Gasteiger partial charge in [0.2, 0.25) is 0 Å². The first-order valence-electron chi connectivity index (χ1n) is 7.98. The molecule has 2 saturated heterocycles. The van der Waals surface area contributed by atoms with Gasteiger partial charge in [0, 0.05) is 5.92 Å². The molecule has 0 radical (unpaired) electrons. The Labute approximate surface area is 126 Å². The fourth-order valence-electron chi connectivity index (χ4n) is 2.65. The molecule has 0 saturated carbocycles. The van der Waals surface area contributed by atoms with Crippen molar-refractivity contribution in [3.05, 3.63) is 0 Å². The molecule has 0 aromatic rings. The summed E-state index contributed by atoms with van der Waals surface area (Å²) in [5, 5.41) is 18.3. The zero-order valence-corrected chi connectivity index (χ0v) is 12.8. The van der Waals surface area contributed by atoms with Crippen molar-refractivity contribution in [1.29, 1.82) is 0 Å². The van der Waals surface area contributed by atoms with Gasteiger partial charge in [-0.05, 0) is 19.3 Å². The number of aliphatic hydroxyl groups excluding tert-OH is 2. The smallest absolute Gasteiger partial charge is 0.160 e. The lowest BCUT2D eigenvalue weighted by Gasteiger charge is -2.26. The Hall–Kier alpha value is -0.240. The SMILES string of the molecule is CC(CCCCCC1OCC(O)CO1)C1OCC(CO)O1. The molecule has 3 atom stereocenters. The van der Waals surface area contributed by atoms with Crippen LogP contribution in [-0.2, 0) is 18.9 Å². The van der Waals surface area contributed by atoms with Crippen LogP contribution in [0.1, 0.15) is 39.0 Å². The molecule has 124 valence electrons. The summed E-state index contributed by atoms with van der Waals surface area (Å²) in [7, 11) is 0. The Balaban J connectivity index is 1.48. The zero-order valence-electron chi connectivity index (χ0n) is 12.8. The highest BCUT2D eigenvalue weighted by molar-refractivity contribution is 4.69. The number of rotatable bonds is 8. The molecule has 2 fully saturated rings. The fraction of sp³-hybridized carbons (Fsp3) is 1.00. The van der Waals surface area contributed by atoms with E-state index in [2.05, 4.69) is 6.92 Å². The molecule has 0 aromatic carbocycles. The Kier molecular flexibility index (Phi) is 7.36. The lowest BCUT2D eigenvalue weighted by Crippen LogP contribution is -2.35. The normalized spacial score (nSPS) is 35.0. The van der Waals surface area contributed by atoms with Gasteiger partial charge >= 0.3 is 0 Å². The largest absolute Gasteiger partial charge is 0.394 e. The van der Waals surface area contributed by atoms with Gasteiger partial charge in [-0.15, -0.1) is 0 Å². The van der Waals surface area contributed by atoms with E-state index in [1.54, 1.807) is 0 Å². The van der Waals surface area contributed by atoms with E-state index in [1.807, 2.05) is 0 Å². The molecule has 0 aliphatic carbocycles. The van der Waals surface area contributed by atoms with Crippen LogP contribution >= 0.6 is 0 Å². The van der Waals surface area contributed by atoms with Gasteiger partial charge < -0.3 is 29.2 Å². The first-order chi connectivity index (χ1) is 10.2. The van der Waals surface area contributed by atoms with Gasteiger partial charge in [-0.3, -0.25) is 0 Å². The summed E-state index contributed by atoms with van der Waals surface area (Å²) in [6, 6.07) is 0. The van der Waals surface area contributed by atoms with Gasteiger partial charge in [-0.1, -0.05) is 19.8 Å². The predicted octanol–water partition coefficient (Wildman–Crippen LogP) is 1.04. The Morgan fingerprint density at radius 1 is 1.05 bits per heavy atom. The van der Waals surface area contributed by atoms with Crippen LogP contribution in [0.15, 0.2) is 0 Å². The van der Waals surface area contributed by atoms with E-state index in [4.69, 9.17) is 24.1 Å². The maximum atomic E-state index is 9.25. The third kappa shape index (κ3) is 5.81. The summed E-state index contributed by atoms with van der Waals surface area (Å²) < 4.78 is 21.9. The van der Waals surface area contributed by atoms with Crippen LogP contribution in [0.25, 0.3) is 0 Å². The molecule has 0 spiro atoms. The predicted molar refractivity (Wildman–Crippen MR) is 75.6 cm³/mol. The number of hydrogen-bond acceptors (Lipinski definition) is 6. The number of unbranched alkanes of at least 4 members (excludes halogenated alkanes) is 2. The van der Waals surface area contributed by atoms with E-state index in [-0.39, 0.29) is 25.3 Å². The van der Waals surface area contributed by atoms with Gasteiger partial charge in [-0.2, -0.15) is 0 Å². The van der Waals surface area contributed by atoms with E-state index in [9.17, 15) is 5.11 Å². The minimum Gasteiger partial charge on any atom is -0.394 e. The van der Waals surface area contributed by atoms with Gasteiger partial charge in [-0.25, -0.2) is 0 Å². The molecule has 0 aromatic heterocycles. The van der Waals surface area contributed by atoms with Crippen molar-refractivity contribution >= 4 is 0 Å². The molecule has 6 nitrogen and oxygen atoms in total. The maximum Gasteiger partial charge on any atom is 0.160 e. The monoisotopic (exact) mass is 304 g/mol. The molecule has 3 unspecified atom stereocenters. The van der Waals surface area contributed by atoms with Crippen molar-refractivity contribution in [1.82, 2.24) is 0 Å². The van der Waals surface area contributed by atoms with E-state index in [0.29, 0.717) is 25.7 Å². The molecule has 2 aliphatic heterocycles. The molecule has 0 amide bonds. The van der Waals surface area contributed by atoms with E-state index >= 15 is 0 Å². The second kappa shape index (κ2) is 9.02. The van der Waals surface area contributed by atoms with Crippen LogP contribution in [-0.4, -0.2) is 61.4 Å². The lowest BCUT2D eigenvalue weighted by atomic mass is 10.0. The summed E-state index contributed by atoms with van der Waals surface area (Å²) >= 11 is 0. The van der Waals surface area contributed by atoms with E-state index in [1.165, 1.54) is 0 Å². The third-order valence-electron chi connectivity index (χ3n) is 3.99. The van der Waals surface area contributed by atoms with Crippen LogP contribution in [0.4, 0.5) is 0 Å². The number of aliphatic hydroxyl groups is 2. The van der Waals surface area contributed by atoms with Crippen molar-refractivity contribution in [2.75, 3.05) is 26.4 Å². The highest BCUT2D eigenvalue weighted by atomic mass is 16.7. The van der Waals surface area contributed by atoms with Crippen molar-refractivity contribution in [3.63, 3.8) is 0 Å². The zero-order chi connectivity index (χ0) is 15.1. The average Bonchev–Trinajstić information content (AvgIpc) is 2.98. The lowest BCUT2D eigenvalue weighted by molar-refractivity contribution is -0.218. The van der Waals surface area contributed by atoms with Gasteiger partial charge in [0.1, 0.15) is 12.2 Å². The second-order valence-corrected chi connectivity index (χ2v) is 6.01. The van der Waals surface area contributed by atoms with E-state index in [0.717, 1.165) is 32.1 Å². The molecule has 2 N–H and O–H groups in total. The summed E-state index contributed by atoms with van der Waals surface area (Å²) in [5.74, 6) is 0.346. The van der Waals surface area contributed by atoms with Crippen LogP contribution in [0, 0.1) is 5.92 Å². The van der Waals surface area contributed by atoms with Crippen LogP contribution in [0.5, 0.6) is 0 Å². The molecule has 0 bridgehead atoms. The highest BCUT2D eigenvalue weighted by Gasteiger charge is 2.29. The van der Waals surface area contributed by atoms with Crippen LogP contribution < -0.4 is 0 Å². The van der Waals surface area contributed by atoms with Crippen LogP contribution in [0.3, 0.4) is 0 Å². The van der Waals surface area contributed by atoms with Crippen molar-refractivity contribution in [3.8, 4) is 0 Å². The first-order valence-corrected chi connectivity index (χ1v) is 7.98. The van der Waals surface area contributed by atoms with Crippen molar-refractivity contribution in [2.24, 2.45) is 5.92 Å². The summed E-state index contributed by atoms with van der Waals surface area (Å²) in [5.41, 5.74) is 0. The average molecular weight is 304 g/mol. The molecule has 2 aliphatic rings. The minimum absolute atomic E-state index is 0.0271. The van der Waals surface area contributed by atoms with Gasteiger partial charge in [0.15, 0.2) is 12.6 Å². The van der Waals surface area contributed by atoms with Gasteiger partial charge in [0.05, 0.1) is 26.4 Å². The Morgan fingerprint density at radius 2 is 1.81 bits per heavy atom. The number of hydrogen-bond donors (Lipinski definition) is 2. The maximum absolute atomic E-state index is 9.25. The first kappa shape index (κ1) is 17.1. The molecule has 2 heterocycles. The Bertz CT molecular complexity index is 279. The standard InChI is InChI=1S/C15H28O6/c1-11(15-20-10-13(7-16)21-15)5-3-2-4-6-14-18-8-12(17)9-19-14/h11-17H,2-10H2,1H3. The van der Waals surface area contributed by atoms with Crippen molar-refractivity contribution < 1.29 is 29.2 Å². The van der Waals surface area contributed by atoms with E-state index < -0.39 is 6.10 Å². The second-order valence-electron chi connectivity index (χ2n) is 6.01. The fourth-order valence-corrected chi connectivity index (χ4v) is 2.65. The topological polar surface area (TPSA) is 77.4 Å². The minimum atomic E-state index is -0.476. The van der Waals surface area contributed by atoms with Crippen LogP contribution in [0.2, 0.25) is 0 Å². The molecule has 2 rings (SSSR count). The quantitative estimate of drug-likeness (QED) is 0.653. The summed E-state index contributed by atoms with van der Waals surface area (Å²) in [4.78, 5) is 0. The summed E-state index contributed by atoms with van der Waals surface area (Å²) in [6.45, 7) is 3.40. The molecular formula is C15H28O6. The summed E-state index contributed by atoms with van der Waals surface area (Å²) in [6.07, 6.45) is 4.25. The Morgan fingerprint density at radius 3 is 2.48 bits per heavy atom. The highest BCUT2D eigenvalue weighted by Crippen LogP contribution is 2.23. The van der Waals surface area contributed by atoms with Gasteiger partial charge in [0.25, 0.3) is 0 Å².